The number of nitriles is 1. The first kappa shape index (κ1) is 12.7. The smallest absolute Gasteiger partial charge is 0.100 e. The van der Waals surface area contributed by atoms with E-state index in [1.54, 1.807) is 6.07 Å². The summed E-state index contributed by atoms with van der Waals surface area (Å²) < 4.78 is 0.807. The Bertz CT molecular complexity index is 607. The molecule has 0 aliphatic rings. The number of para-hydroxylation sites is 1. The fourth-order valence-electron chi connectivity index (χ4n) is 1.84. The number of benzene rings is 2. The van der Waals surface area contributed by atoms with Crippen molar-refractivity contribution in [1.29, 1.82) is 5.26 Å². The topological polar surface area (TPSA) is 35.8 Å². The van der Waals surface area contributed by atoms with Crippen molar-refractivity contribution in [1.82, 2.24) is 0 Å². The normalized spacial score (nSPS) is 9.89. The summed E-state index contributed by atoms with van der Waals surface area (Å²) in [5.74, 6) is 0. The van der Waals surface area contributed by atoms with Gasteiger partial charge in [0.05, 0.1) is 5.56 Å². The maximum Gasteiger partial charge on any atom is 0.100 e. The Hall–Kier alpha value is -1.79. The highest BCUT2D eigenvalue weighted by atomic mass is 79.9. The van der Waals surface area contributed by atoms with Crippen molar-refractivity contribution in [2.45, 2.75) is 13.8 Å². The molecule has 18 heavy (non-hydrogen) atoms. The highest BCUT2D eigenvalue weighted by Crippen LogP contribution is 2.27. The summed E-state index contributed by atoms with van der Waals surface area (Å²) in [6.07, 6.45) is 0. The van der Waals surface area contributed by atoms with Crippen LogP contribution in [-0.4, -0.2) is 0 Å². The number of nitrogens with one attached hydrogen (secondary N) is 1. The van der Waals surface area contributed by atoms with E-state index in [0.717, 1.165) is 15.8 Å². The lowest BCUT2D eigenvalue weighted by Gasteiger charge is -2.13. The Morgan fingerprint density at radius 3 is 2.33 bits per heavy atom. The molecule has 1 N–H and O–H groups in total. The Labute approximate surface area is 115 Å². The molecule has 3 heteroatoms. The van der Waals surface area contributed by atoms with E-state index in [1.807, 2.05) is 18.2 Å². The number of hydrogen-bond donors (Lipinski definition) is 1. The van der Waals surface area contributed by atoms with Crippen LogP contribution in [0.15, 0.2) is 40.9 Å². The summed E-state index contributed by atoms with van der Waals surface area (Å²) >= 11 is 3.40. The second-order valence-corrected chi connectivity index (χ2v) is 5.05. The zero-order valence-corrected chi connectivity index (χ0v) is 11.9. The summed E-state index contributed by atoms with van der Waals surface area (Å²) in [4.78, 5) is 0. The molecule has 0 atom stereocenters. The molecule has 0 aliphatic heterocycles. The minimum absolute atomic E-state index is 0.641. The molecule has 0 fully saturated rings. The van der Waals surface area contributed by atoms with Crippen molar-refractivity contribution in [3.05, 3.63) is 57.6 Å². The molecule has 0 unspecified atom stereocenters. The van der Waals surface area contributed by atoms with Gasteiger partial charge in [0, 0.05) is 15.8 Å². The van der Waals surface area contributed by atoms with E-state index < -0.39 is 0 Å². The number of halogens is 1. The number of anilines is 2. The summed E-state index contributed by atoms with van der Waals surface area (Å²) in [6, 6.07) is 14.0. The van der Waals surface area contributed by atoms with Gasteiger partial charge in [0.2, 0.25) is 0 Å². The van der Waals surface area contributed by atoms with Gasteiger partial charge in [0.15, 0.2) is 0 Å². The molecule has 0 amide bonds. The van der Waals surface area contributed by atoms with Gasteiger partial charge >= 0.3 is 0 Å². The van der Waals surface area contributed by atoms with Crippen molar-refractivity contribution >= 4 is 27.3 Å². The number of hydrogen-bond acceptors (Lipinski definition) is 2. The maximum absolute atomic E-state index is 8.89. The van der Waals surface area contributed by atoms with Gasteiger partial charge in [-0.15, -0.1) is 0 Å². The van der Waals surface area contributed by atoms with Crippen LogP contribution in [0.25, 0.3) is 0 Å². The molecule has 0 saturated carbocycles. The lowest BCUT2D eigenvalue weighted by molar-refractivity contribution is 1.35. The maximum atomic E-state index is 8.89. The van der Waals surface area contributed by atoms with Crippen LogP contribution in [0, 0.1) is 25.2 Å². The number of rotatable bonds is 2. The van der Waals surface area contributed by atoms with Crippen LogP contribution in [-0.2, 0) is 0 Å². The third-order valence-electron chi connectivity index (χ3n) is 2.84. The van der Waals surface area contributed by atoms with Gasteiger partial charge in [-0.3, -0.25) is 0 Å². The molecule has 0 aromatic heterocycles. The standard InChI is InChI=1S/C15H13BrN2/c1-10-4-3-5-11(2)15(10)18-13-7-6-12(9-17)14(16)8-13/h3-8,18H,1-2H3. The predicted molar refractivity (Wildman–Crippen MR) is 78.1 cm³/mol. The van der Waals surface area contributed by atoms with Crippen molar-refractivity contribution in [2.75, 3.05) is 5.32 Å². The molecule has 2 rings (SSSR count). The zero-order chi connectivity index (χ0) is 13.1. The summed E-state index contributed by atoms with van der Waals surface area (Å²) in [6.45, 7) is 4.15. The fourth-order valence-corrected chi connectivity index (χ4v) is 2.31. The van der Waals surface area contributed by atoms with Crippen molar-refractivity contribution in [3.8, 4) is 6.07 Å². The van der Waals surface area contributed by atoms with Crippen LogP contribution < -0.4 is 5.32 Å². The van der Waals surface area contributed by atoms with Crippen molar-refractivity contribution in [3.63, 3.8) is 0 Å². The van der Waals surface area contributed by atoms with Crippen molar-refractivity contribution in [2.24, 2.45) is 0 Å². The first-order chi connectivity index (χ1) is 8.61. The van der Waals surface area contributed by atoms with Crippen LogP contribution >= 0.6 is 15.9 Å². The minimum Gasteiger partial charge on any atom is -0.355 e. The highest BCUT2D eigenvalue weighted by Gasteiger charge is 2.04. The molecule has 2 nitrogen and oxygen atoms in total. The average molecular weight is 301 g/mol. The van der Waals surface area contributed by atoms with Gasteiger partial charge in [0.1, 0.15) is 6.07 Å². The van der Waals surface area contributed by atoms with Crippen molar-refractivity contribution < 1.29 is 0 Å². The largest absolute Gasteiger partial charge is 0.355 e. The van der Waals surface area contributed by atoms with E-state index in [0.29, 0.717) is 5.56 Å². The second kappa shape index (κ2) is 5.24. The molecular formula is C15H13BrN2. The Kier molecular flexibility index (Phi) is 3.69. The van der Waals surface area contributed by atoms with Gasteiger partial charge < -0.3 is 5.32 Å². The van der Waals surface area contributed by atoms with Gasteiger partial charge in [0.25, 0.3) is 0 Å². The molecule has 0 heterocycles. The molecule has 0 saturated heterocycles. The Balaban J connectivity index is 2.35. The van der Waals surface area contributed by atoms with Crippen LogP contribution in [0.3, 0.4) is 0 Å². The third kappa shape index (κ3) is 2.55. The average Bonchev–Trinajstić information content (AvgIpc) is 2.34. The van der Waals surface area contributed by atoms with E-state index in [1.165, 1.54) is 11.1 Å². The van der Waals surface area contributed by atoms with Crippen LogP contribution in [0.1, 0.15) is 16.7 Å². The number of aryl methyl sites for hydroxylation is 2. The third-order valence-corrected chi connectivity index (χ3v) is 3.50. The van der Waals surface area contributed by atoms with E-state index in [4.69, 9.17) is 5.26 Å². The monoisotopic (exact) mass is 300 g/mol. The predicted octanol–water partition coefficient (Wildman–Crippen LogP) is 4.68. The first-order valence-corrected chi connectivity index (χ1v) is 6.44. The van der Waals surface area contributed by atoms with Crippen LogP contribution in [0.2, 0.25) is 0 Å². The van der Waals surface area contributed by atoms with Gasteiger partial charge in [-0.2, -0.15) is 5.26 Å². The highest BCUT2D eigenvalue weighted by molar-refractivity contribution is 9.10. The van der Waals surface area contributed by atoms with E-state index in [9.17, 15) is 0 Å². The van der Waals surface area contributed by atoms with E-state index in [-0.39, 0.29) is 0 Å². The molecule has 0 aliphatic carbocycles. The quantitative estimate of drug-likeness (QED) is 0.874. The van der Waals surface area contributed by atoms with Gasteiger partial charge in [-0.25, -0.2) is 0 Å². The summed E-state index contributed by atoms with van der Waals surface area (Å²) in [7, 11) is 0. The lowest BCUT2D eigenvalue weighted by atomic mass is 10.1. The molecule has 2 aromatic rings. The van der Waals surface area contributed by atoms with Gasteiger partial charge in [-0.05, 0) is 59.1 Å². The molecule has 0 spiro atoms. The lowest BCUT2D eigenvalue weighted by Crippen LogP contribution is -1.96. The fraction of sp³-hybridized carbons (Fsp3) is 0.133. The Morgan fingerprint density at radius 1 is 1.11 bits per heavy atom. The molecule has 0 radical (unpaired) electrons. The molecule has 0 bridgehead atoms. The SMILES string of the molecule is Cc1cccc(C)c1Nc1ccc(C#N)c(Br)c1. The summed E-state index contributed by atoms with van der Waals surface area (Å²) in [5, 5.41) is 12.3. The van der Waals surface area contributed by atoms with E-state index in [2.05, 4.69) is 53.3 Å². The number of nitrogens with zero attached hydrogens (tertiary/aromatic N) is 1. The second-order valence-electron chi connectivity index (χ2n) is 4.20. The molecule has 2 aromatic carbocycles. The zero-order valence-electron chi connectivity index (χ0n) is 10.3. The van der Waals surface area contributed by atoms with Crippen LogP contribution in [0.4, 0.5) is 11.4 Å². The van der Waals surface area contributed by atoms with Crippen LogP contribution in [0.5, 0.6) is 0 Å². The Morgan fingerprint density at radius 2 is 1.78 bits per heavy atom. The minimum atomic E-state index is 0.641. The summed E-state index contributed by atoms with van der Waals surface area (Å²) in [5.41, 5.74) is 5.14. The van der Waals surface area contributed by atoms with E-state index >= 15 is 0 Å². The molecule has 90 valence electrons. The van der Waals surface area contributed by atoms with Gasteiger partial charge in [-0.1, -0.05) is 18.2 Å². The molecular weight excluding hydrogens is 288 g/mol. The first-order valence-electron chi connectivity index (χ1n) is 5.64.